The molecule has 0 aliphatic carbocycles. The normalized spacial score (nSPS) is 10.0. The molecule has 0 aliphatic rings. The lowest BCUT2D eigenvalue weighted by molar-refractivity contribution is 0.111. The Kier molecular flexibility index (Phi) is 4.46. The van der Waals surface area contributed by atoms with E-state index in [1.807, 2.05) is 12.1 Å². The Morgan fingerprint density at radius 2 is 2.11 bits per heavy atom. The second-order valence-electron chi connectivity index (χ2n) is 3.62. The predicted octanol–water partition coefficient (Wildman–Crippen LogP) is 2.98. The van der Waals surface area contributed by atoms with E-state index in [9.17, 15) is 4.79 Å². The van der Waals surface area contributed by atoms with Gasteiger partial charge in [0.1, 0.15) is 5.69 Å². The van der Waals surface area contributed by atoms with Gasteiger partial charge in [-0.05, 0) is 17.7 Å². The first-order valence-electron chi connectivity index (χ1n) is 5.44. The number of hydrogen-bond donors (Lipinski definition) is 0. The van der Waals surface area contributed by atoms with Gasteiger partial charge in [-0.15, -0.1) is 0 Å². The summed E-state index contributed by atoms with van der Waals surface area (Å²) in [5, 5.41) is 0.734. The molecule has 1 aromatic carbocycles. The molecule has 0 aliphatic heterocycles. The molecule has 0 fully saturated rings. The van der Waals surface area contributed by atoms with Gasteiger partial charge in [-0.25, -0.2) is 9.97 Å². The van der Waals surface area contributed by atoms with Crippen LogP contribution in [0, 0.1) is 0 Å². The van der Waals surface area contributed by atoms with E-state index in [0.29, 0.717) is 23.7 Å². The van der Waals surface area contributed by atoms with Crippen molar-refractivity contribution in [2.24, 2.45) is 0 Å². The van der Waals surface area contributed by atoms with Crippen LogP contribution in [0.4, 0.5) is 0 Å². The van der Waals surface area contributed by atoms with Gasteiger partial charge in [0, 0.05) is 5.33 Å². The van der Waals surface area contributed by atoms with Crippen molar-refractivity contribution in [2.75, 3.05) is 7.11 Å². The van der Waals surface area contributed by atoms with Crippen molar-refractivity contribution >= 4 is 22.2 Å². The summed E-state index contributed by atoms with van der Waals surface area (Å²) < 4.78 is 10.8. The Bertz CT molecular complexity index is 573. The van der Waals surface area contributed by atoms with Crippen LogP contribution in [0.3, 0.4) is 0 Å². The van der Waals surface area contributed by atoms with Crippen LogP contribution in [0.1, 0.15) is 16.1 Å². The smallest absolute Gasteiger partial charge is 0.238 e. The third-order valence-corrected chi connectivity index (χ3v) is 3.01. The number of ether oxygens (including phenoxy) is 2. The Morgan fingerprint density at radius 1 is 1.26 bits per heavy atom. The minimum Gasteiger partial charge on any atom is -0.493 e. The van der Waals surface area contributed by atoms with Crippen molar-refractivity contribution < 1.29 is 14.3 Å². The van der Waals surface area contributed by atoms with Gasteiger partial charge in [0.15, 0.2) is 17.8 Å². The van der Waals surface area contributed by atoms with Gasteiger partial charge in [0.25, 0.3) is 0 Å². The zero-order valence-electron chi connectivity index (χ0n) is 10.2. The number of nitrogens with zero attached hydrogens (tertiary/aromatic N) is 2. The molecule has 19 heavy (non-hydrogen) atoms. The molecule has 2 aromatic rings. The molecule has 0 saturated heterocycles. The Hall–Kier alpha value is -1.95. The van der Waals surface area contributed by atoms with E-state index >= 15 is 0 Å². The van der Waals surface area contributed by atoms with Crippen LogP contribution in [0.2, 0.25) is 0 Å². The van der Waals surface area contributed by atoms with Crippen molar-refractivity contribution in [2.45, 2.75) is 5.33 Å². The molecule has 0 bridgehead atoms. The number of carbonyl (C=O) groups excluding carboxylic acids is 1. The molecular formula is C13H11BrN2O3. The molecule has 1 heterocycles. The number of aldehydes is 1. The van der Waals surface area contributed by atoms with Crippen molar-refractivity contribution in [3.05, 3.63) is 41.9 Å². The van der Waals surface area contributed by atoms with Crippen molar-refractivity contribution in [3.8, 4) is 17.4 Å². The van der Waals surface area contributed by atoms with Gasteiger partial charge in [0.05, 0.1) is 19.5 Å². The van der Waals surface area contributed by atoms with Gasteiger partial charge in [0.2, 0.25) is 5.88 Å². The lowest BCUT2D eigenvalue weighted by Gasteiger charge is -2.10. The lowest BCUT2D eigenvalue weighted by Crippen LogP contribution is -1.95. The van der Waals surface area contributed by atoms with E-state index in [1.54, 1.807) is 13.2 Å². The molecule has 0 saturated carbocycles. The van der Waals surface area contributed by atoms with Gasteiger partial charge in [-0.3, -0.25) is 4.79 Å². The van der Waals surface area contributed by atoms with Gasteiger partial charge < -0.3 is 9.47 Å². The third-order valence-electron chi connectivity index (χ3n) is 2.37. The minimum atomic E-state index is 0.258. The fraction of sp³-hybridized carbons (Fsp3) is 0.154. The maximum atomic E-state index is 10.5. The summed E-state index contributed by atoms with van der Waals surface area (Å²) in [4.78, 5) is 18.3. The number of benzene rings is 1. The summed E-state index contributed by atoms with van der Waals surface area (Å²) in [6, 6.07) is 5.59. The summed E-state index contributed by atoms with van der Waals surface area (Å²) in [6.45, 7) is 0. The molecule has 1 aromatic heterocycles. The monoisotopic (exact) mass is 322 g/mol. The summed E-state index contributed by atoms with van der Waals surface area (Å²) in [6.07, 6.45) is 3.37. The second-order valence-corrected chi connectivity index (χ2v) is 4.18. The second kappa shape index (κ2) is 6.29. The molecule has 0 N–H and O–H groups in total. The topological polar surface area (TPSA) is 61.3 Å². The highest BCUT2D eigenvalue weighted by Crippen LogP contribution is 2.31. The minimum absolute atomic E-state index is 0.258. The quantitative estimate of drug-likeness (QED) is 0.625. The number of carbonyl (C=O) groups is 1. The molecule has 0 spiro atoms. The van der Waals surface area contributed by atoms with Crippen LogP contribution < -0.4 is 9.47 Å². The summed E-state index contributed by atoms with van der Waals surface area (Å²) in [5.74, 6) is 1.45. The predicted molar refractivity (Wildman–Crippen MR) is 73.1 cm³/mol. The molecule has 0 atom stereocenters. The highest BCUT2D eigenvalue weighted by Gasteiger charge is 2.08. The molecule has 0 unspecified atom stereocenters. The number of alkyl halides is 1. The Labute approximate surface area is 118 Å². The summed E-state index contributed by atoms with van der Waals surface area (Å²) in [7, 11) is 1.57. The van der Waals surface area contributed by atoms with Crippen LogP contribution in [0.25, 0.3) is 0 Å². The van der Waals surface area contributed by atoms with Crippen LogP contribution in [0.5, 0.6) is 17.4 Å². The maximum absolute atomic E-state index is 10.5. The molecule has 0 amide bonds. The number of halogens is 1. The fourth-order valence-corrected chi connectivity index (χ4v) is 1.78. The van der Waals surface area contributed by atoms with E-state index in [2.05, 4.69) is 25.9 Å². The van der Waals surface area contributed by atoms with Gasteiger partial charge in [-0.1, -0.05) is 22.0 Å². The molecule has 6 heteroatoms. The van der Waals surface area contributed by atoms with E-state index in [0.717, 1.165) is 10.9 Å². The Balaban J connectivity index is 2.24. The average molecular weight is 323 g/mol. The largest absolute Gasteiger partial charge is 0.493 e. The third kappa shape index (κ3) is 3.29. The summed E-state index contributed by atoms with van der Waals surface area (Å²) >= 11 is 3.38. The van der Waals surface area contributed by atoms with Crippen LogP contribution in [-0.2, 0) is 5.33 Å². The molecular weight excluding hydrogens is 312 g/mol. The van der Waals surface area contributed by atoms with Gasteiger partial charge >= 0.3 is 0 Å². The highest BCUT2D eigenvalue weighted by molar-refractivity contribution is 9.08. The first-order chi connectivity index (χ1) is 9.26. The standard InChI is InChI=1S/C13H11BrN2O3/c1-18-12-4-9(5-14)2-3-11(12)19-13-7-15-10(8-17)6-16-13/h2-4,6-8H,5H2,1H3. The van der Waals surface area contributed by atoms with Crippen molar-refractivity contribution in [1.82, 2.24) is 9.97 Å². The van der Waals surface area contributed by atoms with E-state index in [1.165, 1.54) is 12.4 Å². The Morgan fingerprint density at radius 3 is 2.68 bits per heavy atom. The van der Waals surface area contributed by atoms with Crippen molar-refractivity contribution in [3.63, 3.8) is 0 Å². The SMILES string of the molecule is COc1cc(CBr)ccc1Oc1cnc(C=O)cn1. The first-order valence-corrected chi connectivity index (χ1v) is 6.57. The zero-order chi connectivity index (χ0) is 13.7. The van der Waals surface area contributed by atoms with Gasteiger partial charge in [-0.2, -0.15) is 0 Å². The average Bonchev–Trinajstić information content (AvgIpc) is 2.48. The zero-order valence-corrected chi connectivity index (χ0v) is 11.8. The molecule has 98 valence electrons. The number of aromatic nitrogens is 2. The van der Waals surface area contributed by atoms with E-state index in [-0.39, 0.29) is 5.69 Å². The van der Waals surface area contributed by atoms with Crippen LogP contribution >= 0.6 is 15.9 Å². The first kappa shape index (κ1) is 13.5. The fourth-order valence-electron chi connectivity index (χ4n) is 1.43. The maximum Gasteiger partial charge on any atom is 0.238 e. The van der Waals surface area contributed by atoms with E-state index in [4.69, 9.17) is 9.47 Å². The number of rotatable bonds is 5. The lowest BCUT2D eigenvalue weighted by atomic mass is 10.2. The molecule has 2 rings (SSSR count). The van der Waals surface area contributed by atoms with Crippen molar-refractivity contribution in [1.29, 1.82) is 0 Å². The van der Waals surface area contributed by atoms with Crippen LogP contribution in [-0.4, -0.2) is 23.4 Å². The van der Waals surface area contributed by atoms with E-state index < -0.39 is 0 Å². The number of hydrogen-bond acceptors (Lipinski definition) is 5. The molecule has 5 nitrogen and oxygen atoms in total. The van der Waals surface area contributed by atoms with Crippen LogP contribution in [0.15, 0.2) is 30.6 Å². The summed E-state index contributed by atoms with van der Waals surface area (Å²) in [5.41, 5.74) is 1.33. The highest BCUT2D eigenvalue weighted by atomic mass is 79.9. The molecule has 0 radical (unpaired) electrons. The number of methoxy groups -OCH3 is 1.